The maximum atomic E-state index is 12.6. The number of benzene rings is 2. The molecule has 4 aromatic rings. The third-order valence-electron chi connectivity index (χ3n) is 4.99. The second kappa shape index (κ2) is 9.68. The number of aryl methyl sites for hydroxylation is 1. The molecule has 0 bridgehead atoms. The zero-order chi connectivity index (χ0) is 21.6. The van der Waals surface area contributed by atoms with Gasteiger partial charge in [-0.2, -0.15) is 0 Å². The van der Waals surface area contributed by atoms with E-state index in [1.165, 1.54) is 0 Å². The van der Waals surface area contributed by atoms with Gasteiger partial charge in [0.1, 0.15) is 5.69 Å². The van der Waals surface area contributed by atoms with E-state index in [1.807, 2.05) is 61.0 Å². The van der Waals surface area contributed by atoms with Gasteiger partial charge in [-0.25, -0.2) is 4.68 Å². The van der Waals surface area contributed by atoms with Crippen LogP contribution in [0.25, 0.3) is 10.6 Å². The van der Waals surface area contributed by atoms with Crippen LogP contribution in [-0.2, 0) is 13.0 Å². The van der Waals surface area contributed by atoms with Crippen LogP contribution < -0.4 is 5.32 Å². The van der Waals surface area contributed by atoms with Gasteiger partial charge in [-0.3, -0.25) is 4.79 Å². The summed E-state index contributed by atoms with van der Waals surface area (Å²) in [6.45, 7) is 2.49. The molecule has 0 saturated carbocycles. The van der Waals surface area contributed by atoms with E-state index in [-0.39, 0.29) is 18.6 Å². The number of rotatable bonds is 8. The first-order chi connectivity index (χ1) is 15.1. The van der Waals surface area contributed by atoms with E-state index in [2.05, 4.69) is 21.7 Å². The Hall–Kier alpha value is -3.29. The van der Waals surface area contributed by atoms with E-state index in [0.29, 0.717) is 18.5 Å². The Bertz CT molecular complexity index is 1140. The van der Waals surface area contributed by atoms with Gasteiger partial charge in [-0.1, -0.05) is 53.2 Å². The minimum Gasteiger partial charge on any atom is -0.394 e. The highest BCUT2D eigenvalue weighted by molar-refractivity contribution is 7.13. The van der Waals surface area contributed by atoms with Crippen LogP contribution in [0.3, 0.4) is 0 Å². The van der Waals surface area contributed by atoms with Crippen molar-refractivity contribution in [1.29, 1.82) is 0 Å². The van der Waals surface area contributed by atoms with Crippen molar-refractivity contribution in [2.24, 2.45) is 0 Å². The lowest BCUT2D eigenvalue weighted by Gasteiger charge is -2.17. The summed E-state index contributed by atoms with van der Waals surface area (Å²) in [6.07, 6.45) is 2.50. The van der Waals surface area contributed by atoms with Gasteiger partial charge < -0.3 is 10.4 Å². The molecule has 0 spiro atoms. The van der Waals surface area contributed by atoms with Crippen LogP contribution in [0.4, 0.5) is 0 Å². The molecule has 2 N–H and O–H groups in total. The fraction of sp³-hybridized carbons (Fsp3) is 0.208. The smallest absolute Gasteiger partial charge is 0.251 e. The lowest BCUT2D eigenvalue weighted by molar-refractivity contribution is 0.0916. The van der Waals surface area contributed by atoms with Gasteiger partial charge in [0.25, 0.3) is 5.91 Å². The average Bonchev–Trinajstić information content (AvgIpc) is 3.46. The number of nitrogens with one attached hydrogen (secondary N) is 1. The molecule has 2 aromatic carbocycles. The highest BCUT2D eigenvalue weighted by Crippen LogP contribution is 2.21. The number of carbonyl (C=O) groups is 1. The average molecular weight is 433 g/mol. The molecule has 0 fully saturated rings. The minimum atomic E-state index is -0.334. The molecule has 1 amide bonds. The highest BCUT2D eigenvalue weighted by Gasteiger charge is 2.14. The lowest BCUT2D eigenvalue weighted by Crippen LogP contribution is -2.39. The molecule has 2 aromatic heterocycles. The molecule has 2 heterocycles. The summed E-state index contributed by atoms with van der Waals surface area (Å²) >= 11 is 1.63. The molecule has 1 unspecified atom stereocenters. The zero-order valence-electron chi connectivity index (χ0n) is 17.2. The molecule has 7 heteroatoms. The van der Waals surface area contributed by atoms with E-state index < -0.39 is 0 Å². The minimum absolute atomic E-state index is 0.114. The molecular weight excluding hydrogens is 408 g/mol. The van der Waals surface area contributed by atoms with Crippen molar-refractivity contribution in [1.82, 2.24) is 20.3 Å². The van der Waals surface area contributed by atoms with E-state index in [9.17, 15) is 9.90 Å². The van der Waals surface area contributed by atoms with Crippen LogP contribution in [-0.4, -0.2) is 38.7 Å². The predicted molar refractivity (Wildman–Crippen MR) is 122 cm³/mol. The molecule has 0 aliphatic rings. The number of hydrogen-bond acceptors (Lipinski definition) is 5. The van der Waals surface area contributed by atoms with Crippen molar-refractivity contribution in [3.05, 3.63) is 94.5 Å². The Morgan fingerprint density at radius 2 is 1.97 bits per heavy atom. The van der Waals surface area contributed by atoms with Crippen LogP contribution in [0.2, 0.25) is 0 Å². The Balaban J connectivity index is 1.36. The van der Waals surface area contributed by atoms with Gasteiger partial charge in [-0.05, 0) is 48.1 Å². The van der Waals surface area contributed by atoms with Crippen molar-refractivity contribution in [2.75, 3.05) is 6.61 Å². The second-order valence-corrected chi connectivity index (χ2v) is 8.47. The molecule has 6 nitrogen and oxygen atoms in total. The van der Waals surface area contributed by atoms with Gasteiger partial charge in [-0.15, -0.1) is 16.4 Å². The summed E-state index contributed by atoms with van der Waals surface area (Å²) in [5.41, 5.74) is 4.69. The molecule has 4 rings (SSSR count). The summed E-state index contributed by atoms with van der Waals surface area (Å²) in [6, 6.07) is 19.2. The Kier molecular flexibility index (Phi) is 6.54. The molecule has 0 aliphatic heterocycles. The number of aliphatic hydroxyl groups excluding tert-OH is 1. The normalized spacial score (nSPS) is 11.9. The van der Waals surface area contributed by atoms with E-state index in [0.717, 1.165) is 27.3 Å². The first-order valence-corrected chi connectivity index (χ1v) is 11.0. The maximum Gasteiger partial charge on any atom is 0.251 e. The second-order valence-electron chi connectivity index (χ2n) is 7.52. The monoisotopic (exact) mass is 432 g/mol. The van der Waals surface area contributed by atoms with E-state index in [4.69, 9.17) is 0 Å². The number of nitrogens with zero attached hydrogens (tertiary/aromatic N) is 3. The summed E-state index contributed by atoms with van der Waals surface area (Å²) in [5.74, 6) is -0.195. The van der Waals surface area contributed by atoms with Gasteiger partial charge in [0.15, 0.2) is 0 Å². The summed E-state index contributed by atoms with van der Waals surface area (Å²) in [7, 11) is 0. The van der Waals surface area contributed by atoms with Crippen LogP contribution in [0, 0.1) is 6.92 Å². The van der Waals surface area contributed by atoms with Gasteiger partial charge >= 0.3 is 0 Å². The first-order valence-electron chi connectivity index (χ1n) is 10.1. The zero-order valence-corrected chi connectivity index (χ0v) is 18.0. The number of hydrogen-bond donors (Lipinski definition) is 2. The van der Waals surface area contributed by atoms with Crippen LogP contribution >= 0.6 is 11.3 Å². The Labute approximate surface area is 185 Å². The number of amides is 1. The quantitative estimate of drug-likeness (QED) is 0.445. The number of aliphatic hydroxyl groups is 1. The van der Waals surface area contributed by atoms with Crippen molar-refractivity contribution < 1.29 is 9.90 Å². The highest BCUT2D eigenvalue weighted by atomic mass is 32.1. The standard InChI is InChI=1S/C24H24N4O2S/c1-17-4-2-5-19(12-17)13-21(16-29)25-24(30)20-9-7-18(8-10-20)14-28-15-22(26-27-28)23-6-3-11-31-23/h2-12,15,21,29H,13-14,16H2,1H3,(H,25,30). The number of aromatic nitrogens is 3. The summed E-state index contributed by atoms with van der Waals surface area (Å²) < 4.78 is 1.79. The van der Waals surface area contributed by atoms with Crippen molar-refractivity contribution in [3.8, 4) is 10.6 Å². The molecule has 0 radical (unpaired) electrons. The topological polar surface area (TPSA) is 80.0 Å². The van der Waals surface area contributed by atoms with E-state index >= 15 is 0 Å². The fourth-order valence-electron chi connectivity index (χ4n) is 3.42. The third kappa shape index (κ3) is 5.45. The van der Waals surface area contributed by atoms with Crippen molar-refractivity contribution in [2.45, 2.75) is 25.9 Å². The molecule has 158 valence electrons. The van der Waals surface area contributed by atoms with E-state index in [1.54, 1.807) is 28.2 Å². The predicted octanol–water partition coefficient (Wildman–Crippen LogP) is 3.70. The lowest BCUT2D eigenvalue weighted by atomic mass is 10.0. The third-order valence-corrected chi connectivity index (χ3v) is 5.89. The molecule has 0 aliphatic carbocycles. The van der Waals surface area contributed by atoms with Gasteiger partial charge in [0.05, 0.1) is 30.3 Å². The Morgan fingerprint density at radius 1 is 1.13 bits per heavy atom. The molecule has 0 saturated heterocycles. The van der Waals surface area contributed by atoms with Gasteiger partial charge in [0.2, 0.25) is 0 Å². The van der Waals surface area contributed by atoms with Crippen molar-refractivity contribution in [3.63, 3.8) is 0 Å². The first kappa shape index (κ1) is 21.0. The maximum absolute atomic E-state index is 12.6. The summed E-state index contributed by atoms with van der Waals surface area (Å²) in [5, 5.41) is 23.0. The Morgan fingerprint density at radius 3 is 2.68 bits per heavy atom. The van der Waals surface area contributed by atoms with Crippen LogP contribution in [0.1, 0.15) is 27.0 Å². The summed E-state index contributed by atoms with van der Waals surface area (Å²) in [4.78, 5) is 13.7. The van der Waals surface area contributed by atoms with Crippen LogP contribution in [0.15, 0.2) is 72.2 Å². The van der Waals surface area contributed by atoms with Crippen molar-refractivity contribution >= 4 is 17.2 Å². The van der Waals surface area contributed by atoms with Gasteiger partial charge in [0, 0.05) is 5.56 Å². The fourth-order valence-corrected chi connectivity index (χ4v) is 4.09. The SMILES string of the molecule is Cc1cccc(CC(CO)NC(=O)c2ccc(Cn3cc(-c4cccs4)nn3)cc2)c1. The molecular formula is C24H24N4O2S. The molecule has 31 heavy (non-hydrogen) atoms. The molecule has 1 atom stereocenters. The van der Waals surface area contributed by atoms with Crippen LogP contribution in [0.5, 0.6) is 0 Å². The number of carbonyl (C=O) groups excluding carboxylic acids is 1. The number of thiophene rings is 1. The largest absolute Gasteiger partial charge is 0.394 e.